The number of carbonyl (C=O) groups is 3. The monoisotopic (exact) mass is 547 g/mol. The van der Waals surface area contributed by atoms with Crippen molar-refractivity contribution in [2.24, 2.45) is 11.8 Å². The van der Waals surface area contributed by atoms with Gasteiger partial charge in [0, 0.05) is 25.7 Å². The molecule has 1 aliphatic carbocycles. The van der Waals surface area contributed by atoms with Crippen molar-refractivity contribution < 1.29 is 24.2 Å². The largest absolute Gasteiger partial charge is 0.394 e. The fourth-order valence-electron chi connectivity index (χ4n) is 8.09. The van der Waals surface area contributed by atoms with E-state index in [0.717, 1.165) is 37.7 Å². The maximum absolute atomic E-state index is 14.7. The van der Waals surface area contributed by atoms with E-state index in [2.05, 4.69) is 0 Å². The molecule has 3 amide bonds. The summed E-state index contributed by atoms with van der Waals surface area (Å²) in [5, 5.41) is 10.7. The van der Waals surface area contributed by atoms with E-state index >= 15 is 0 Å². The number of hydrogen-bond donors (Lipinski definition) is 1. The average Bonchev–Trinajstić information content (AvgIpc) is 3.23. The number of fused-ring (bicyclic) bond motifs is 2. The van der Waals surface area contributed by atoms with Gasteiger partial charge < -0.3 is 24.5 Å². The zero-order valence-electron chi connectivity index (χ0n) is 23.6. The Morgan fingerprint density at radius 3 is 2.38 bits per heavy atom. The maximum Gasteiger partial charge on any atom is 0.249 e. The van der Waals surface area contributed by atoms with Crippen LogP contribution in [0.3, 0.4) is 0 Å². The van der Waals surface area contributed by atoms with E-state index in [9.17, 15) is 19.5 Å². The lowest BCUT2D eigenvalue weighted by atomic mass is 9.74. The van der Waals surface area contributed by atoms with Gasteiger partial charge in [0.15, 0.2) is 0 Å². The Morgan fingerprint density at radius 1 is 0.950 bits per heavy atom. The summed E-state index contributed by atoms with van der Waals surface area (Å²) in [6, 6.07) is 7.76. The molecule has 8 nitrogen and oxygen atoms in total. The first-order valence-corrected chi connectivity index (χ1v) is 15.0. The van der Waals surface area contributed by atoms with E-state index in [1.807, 2.05) is 73.4 Å². The van der Waals surface area contributed by atoms with Crippen LogP contribution in [0, 0.1) is 11.8 Å². The average molecular weight is 548 g/mol. The van der Waals surface area contributed by atoms with Crippen molar-refractivity contribution in [2.45, 2.75) is 81.7 Å². The molecule has 1 saturated carbocycles. The van der Waals surface area contributed by atoms with E-state index in [0.29, 0.717) is 19.6 Å². The summed E-state index contributed by atoms with van der Waals surface area (Å²) in [5.41, 5.74) is -1.59. The molecular formula is C32H41N3O5. The van der Waals surface area contributed by atoms with Crippen LogP contribution in [0.1, 0.15) is 64.0 Å². The molecule has 40 heavy (non-hydrogen) atoms. The Morgan fingerprint density at radius 2 is 1.68 bits per heavy atom. The van der Waals surface area contributed by atoms with Gasteiger partial charge in [-0.05, 0) is 31.7 Å². The summed E-state index contributed by atoms with van der Waals surface area (Å²) in [6.07, 6.45) is 13.8. The van der Waals surface area contributed by atoms with E-state index in [1.165, 1.54) is 6.42 Å². The Labute approximate surface area is 236 Å². The number of benzene rings is 1. The molecule has 0 aromatic heterocycles. The molecule has 1 aromatic rings. The summed E-state index contributed by atoms with van der Waals surface area (Å²) in [4.78, 5) is 48.9. The normalized spacial score (nSPS) is 34.9. The van der Waals surface area contributed by atoms with Crippen LogP contribution in [-0.2, 0) is 19.1 Å². The Hall–Kier alpha value is -2.97. The quantitative estimate of drug-likeness (QED) is 0.553. The second kappa shape index (κ2) is 10.5. The smallest absolute Gasteiger partial charge is 0.249 e. The molecule has 0 bridgehead atoms. The molecule has 1 unspecified atom stereocenters. The lowest BCUT2D eigenvalue weighted by Crippen LogP contribution is -2.58. The Bertz CT molecular complexity index is 1210. The van der Waals surface area contributed by atoms with Crippen LogP contribution in [0.4, 0.5) is 0 Å². The molecule has 6 atom stereocenters. The van der Waals surface area contributed by atoms with Gasteiger partial charge in [-0.3, -0.25) is 14.4 Å². The third-order valence-corrected chi connectivity index (χ3v) is 9.81. The molecule has 8 heteroatoms. The van der Waals surface area contributed by atoms with Crippen molar-refractivity contribution >= 4 is 17.7 Å². The van der Waals surface area contributed by atoms with Crippen LogP contribution in [0.15, 0.2) is 54.6 Å². The summed E-state index contributed by atoms with van der Waals surface area (Å²) in [6.45, 7) is 5.08. The molecule has 4 heterocycles. The van der Waals surface area contributed by atoms with E-state index in [4.69, 9.17) is 4.74 Å². The van der Waals surface area contributed by atoms with Crippen molar-refractivity contribution in [3.05, 3.63) is 60.2 Å². The number of hydrogen-bond acceptors (Lipinski definition) is 5. The fraction of sp³-hybridized carbons (Fsp3) is 0.594. The summed E-state index contributed by atoms with van der Waals surface area (Å²) in [5.74, 6) is -2.21. The molecule has 1 spiro atoms. The lowest BCUT2D eigenvalue weighted by Gasteiger charge is -2.42. The lowest BCUT2D eigenvalue weighted by molar-refractivity contribution is -0.157. The number of ether oxygens (including phenoxy) is 1. The fourth-order valence-corrected chi connectivity index (χ4v) is 8.09. The van der Waals surface area contributed by atoms with E-state index in [1.54, 1.807) is 9.80 Å². The van der Waals surface area contributed by atoms with Crippen LogP contribution in [0.2, 0.25) is 0 Å². The zero-order chi connectivity index (χ0) is 28.1. The Balaban J connectivity index is 1.50. The number of aliphatic hydroxyl groups is 1. The highest BCUT2D eigenvalue weighted by molar-refractivity contribution is 6.00. The highest BCUT2D eigenvalue weighted by Crippen LogP contribution is 2.59. The minimum Gasteiger partial charge on any atom is -0.394 e. The van der Waals surface area contributed by atoms with Gasteiger partial charge in [0.1, 0.15) is 11.6 Å². The van der Waals surface area contributed by atoms with Gasteiger partial charge in [0.05, 0.1) is 30.1 Å². The summed E-state index contributed by atoms with van der Waals surface area (Å²) in [7, 11) is 0. The van der Waals surface area contributed by atoms with Gasteiger partial charge in [-0.1, -0.05) is 80.8 Å². The second-order valence-corrected chi connectivity index (χ2v) is 12.2. The number of likely N-dealkylation sites (tertiary alicyclic amines) is 1. The molecule has 1 N–H and O–H groups in total. The standard InChI is InChI=1S/C32H41N3O5/c1-3-18-33-19-10-16-31(2)25(28(33)37)26-29(38)35(24(21-36)22-12-6-4-7-13-22)27-30(39)34(23-14-8-5-9-15-23)20-11-17-32(26,27)40-31/h4,6-7,10-13,16-17,23-27,36H,3,5,8-9,14-15,18-21H2,1-2H3/t24-,25-,26+,27?,31+,32+/m1/s1. The number of carbonyl (C=O) groups excluding carboxylic acids is 3. The van der Waals surface area contributed by atoms with Crippen LogP contribution in [-0.4, -0.2) is 87.1 Å². The van der Waals surface area contributed by atoms with E-state index in [-0.39, 0.29) is 30.4 Å². The molecule has 0 radical (unpaired) electrons. The van der Waals surface area contributed by atoms with Gasteiger partial charge in [0.25, 0.3) is 0 Å². The van der Waals surface area contributed by atoms with E-state index < -0.39 is 35.1 Å². The number of aliphatic hydroxyl groups excluding tert-OH is 1. The number of amides is 3. The van der Waals surface area contributed by atoms with Crippen LogP contribution >= 0.6 is 0 Å². The topological polar surface area (TPSA) is 90.4 Å². The molecule has 2 saturated heterocycles. The third kappa shape index (κ3) is 4.05. The molecule has 6 rings (SSSR count). The predicted molar refractivity (Wildman–Crippen MR) is 150 cm³/mol. The van der Waals surface area contributed by atoms with Crippen molar-refractivity contribution in [3.63, 3.8) is 0 Å². The maximum atomic E-state index is 14.7. The molecule has 214 valence electrons. The predicted octanol–water partition coefficient (Wildman–Crippen LogP) is 3.23. The zero-order valence-corrected chi connectivity index (χ0v) is 23.6. The summed E-state index contributed by atoms with van der Waals surface area (Å²) >= 11 is 0. The highest BCUT2D eigenvalue weighted by atomic mass is 16.5. The van der Waals surface area contributed by atoms with Gasteiger partial charge in [-0.2, -0.15) is 0 Å². The number of nitrogens with zero attached hydrogens (tertiary/aromatic N) is 3. The van der Waals surface area contributed by atoms with Crippen LogP contribution in [0.25, 0.3) is 0 Å². The third-order valence-electron chi connectivity index (χ3n) is 9.81. The second-order valence-electron chi connectivity index (χ2n) is 12.2. The summed E-state index contributed by atoms with van der Waals surface area (Å²) < 4.78 is 6.95. The minimum absolute atomic E-state index is 0.102. The number of rotatable bonds is 6. The SMILES string of the molecule is CCCN1CC=C[C@]2(C)O[C@]34C=CCN(C5CCCCC5)C(=O)C3N([C@H](CO)c3ccccc3)C(=O)[C@@H]4[C@@H]2C1=O. The van der Waals surface area contributed by atoms with Gasteiger partial charge >= 0.3 is 0 Å². The molecular weight excluding hydrogens is 506 g/mol. The van der Waals surface area contributed by atoms with Crippen molar-refractivity contribution in [3.8, 4) is 0 Å². The van der Waals surface area contributed by atoms with Crippen LogP contribution in [0.5, 0.6) is 0 Å². The van der Waals surface area contributed by atoms with Gasteiger partial charge in [-0.15, -0.1) is 0 Å². The molecule has 3 fully saturated rings. The van der Waals surface area contributed by atoms with Crippen LogP contribution < -0.4 is 0 Å². The van der Waals surface area contributed by atoms with Crippen molar-refractivity contribution in [1.29, 1.82) is 0 Å². The highest BCUT2D eigenvalue weighted by Gasteiger charge is 2.75. The first kappa shape index (κ1) is 27.2. The Kier molecular flexibility index (Phi) is 7.11. The first-order chi connectivity index (χ1) is 19.4. The molecule has 4 aliphatic heterocycles. The minimum atomic E-state index is -1.31. The molecule has 1 aromatic carbocycles. The van der Waals surface area contributed by atoms with Crippen molar-refractivity contribution in [1.82, 2.24) is 14.7 Å². The first-order valence-electron chi connectivity index (χ1n) is 15.0. The van der Waals surface area contributed by atoms with Gasteiger partial charge in [-0.25, -0.2) is 0 Å². The van der Waals surface area contributed by atoms with Crippen molar-refractivity contribution in [2.75, 3.05) is 26.2 Å². The van der Waals surface area contributed by atoms with Gasteiger partial charge in [0.2, 0.25) is 17.7 Å². The molecule has 5 aliphatic rings.